The van der Waals surface area contributed by atoms with Crippen molar-refractivity contribution in [2.75, 3.05) is 18.5 Å². The minimum Gasteiger partial charge on any atom is -0.379 e. The van der Waals surface area contributed by atoms with E-state index in [2.05, 4.69) is 20.4 Å². The van der Waals surface area contributed by atoms with Crippen molar-refractivity contribution in [3.05, 3.63) is 41.3 Å². The maximum atomic E-state index is 6.24. The summed E-state index contributed by atoms with van der Waals surface area (Å²) in [6, 6.07) is 5.84. The number of fused-ring (bicyclic) bond motifs is 1. The van der Waals surface area contributed by atoms with Gasteiger partial charge in [-0.1, -0.05) is 17.7 Å². The molecule has 25 heavy (non-hydrogen) atoms. The van der Waals surface area contributed by atoms with Gasteiger partial charge in [0.05, 0.1) is 23.4 Å². The first-order chi connectivity index (χ1) is 12.1. The first-order valence-electron chi connectivity index (χ1n) is 8.37. The molecule has 0 unspecified atom stereocenters. The van der Waals surface area contributed by atoms with Crippen LogP contribution < -0.4 is 5.32 Å². The van der Waals surface area contributed by atoms with Crippen molar-refractivity contribution in [1.82, 2.24) is 19.7 Å². The number of benzene rings is 1. The van der Waals surface area contributed by atoms with Crippen molar-refractivity contribution in [1.29, 1.82) is 0 Å². The average molecular weight is 360 g/mol. The molecule has 6 nitrogen and oxygen atoms in total. The van der Waals surface area contributed by atoms with Crippen LogP contribution in [0.25, 0.3) is 16.7 Å². The van der Waals surface area contributed by atoms with Crippen LogP contribution in [0.15, 0.2) is 30.7 Å². The Morgan fingerprint density at radius 3 is 2.88 bits per heavy atom. The Hall–Kier alpha value is -2.18. The Kier molecular flexibility index (Phi) is 5.50. The van der Waals surface area contributed by atoms with Gasteiger partial charge in [0.2, 0.25) is 0 Å². The van der Waals surface area contributed by atoms with Gasteiger partial charge < -0.3 is 10.1 Å². The van der Waals surface area contributed by atoms with Crippen molar-refractivity contribution in [2.45, 2.75) is 33.3 Å². The lowest BCUT2D eigenvalue weighted by Crippen LogP contribution is -2.10. The highest BCUT2D eigenvalue weighted by atomic mass is 35.5. The quantitative estimate of drug-likeness (QED) is 0.646. The summed E-state index contributed by atoms with van der Waals surface area (Å²) in [4.78, 5) is 8.72. The second-order valence-electron chi connectivity index (χ2n) is 6.15. The highest BCUT2D eigenvalue weighted by molar-refractivity contribution is 6.31. The molecule has 0 saturated carbocycles. The van der Waals surface area contributed by atoms with Gasteiger partial charge in [-0.25, -0.2) is 14.6 Å². The molecule has 0 bridgehead atoms. The number of ether oxygens (including phenoxy) is 1. The molecular weight excluding hydrogens is 338 g/mol. The fraction of sp³-hybridized carbons (Fsp3) is 0.389. The average Bonchev–Trinajstić information content (AvgIpc) is 3.01. The molecule has 0 atom stereocenters. The van der Waals surface area contributed by atoms with Crippen LogP contribution >= 0.6 is 11.6 Å². The van der Waals surface area contributed by atoms with Crippen molar-refractivity contribution in [3.63, 3.8) is 0 Å². The molecule has 1 aromatic carbocycles. The number of nitrogens with one attached hydrogen (secondary N) is 1. The molecular formula is C18H22ClN5O. The highest BCUT2D eigenvalue weighted by Gasteiger charge is 2.11. The van der Waals surface area contributed by atoms with Crippen LogP contribution in [0.2, 0.25) is 5.02 Å². The van der Waals surface area contributed by atoms with Crippen molar-refractivity contribution < 1.29 is 4.74 Å². The van der Waals surface area contributed by atoms with Gasteiger partial charge in [-0.2, -0.15) is 5.10 Å². The second kappa shape index (κ2) is 7.80. The van der Waals surface area contributed by atoms with Gasteiger partial charge in [0.25, 0.3) is 0 Å². The summed E-state index contributed by atoms with van der Waals surface area (Å²) < 4.78 is 7.32. The van der Waals surface area contributed by atoms with E-state index in [9.17, 15) is 0 Å². The van der Waals surface area contributed by atoms with E-state index < -0.39 is 0 Å². The Bertz CT molecular complexity index is 862. The van der Waals surface area contributed by atoms with Crippen LogP contribution in [0.3, 0.4) is 0 Å². The van der Waals surface area contributed by atoms with E-state index in [4.69, 9.17) is 16.3 Å². The second-order valence-corrected chi connectivity index (χ2v) is 6.56. The number of aryl methyl sites for hydroxylation is 1. The van der Waals surface area contributed by atoms with Gasteiger partial charge >= 0.3 is 0 Å². The predicted molar refractivity (Wildman–Crippen MR) is 101 cm³/mol. The molecule has 0 saturated heterocycles. The summed E-state index contributed by atoms with van der Waals surface area (Å²) in [5.74, 6) is 0.777. The van der Waals surface area contributed by atoms with E-state index in [0.29, 0.717) is 5.02 Å². The molecule has 0 radical (unpaired) electrons. The molecule has 0 aliphatic heterocycles. The van der Waals surface area contributed by atoms with E-state index in [1.165, 1.54) is 0 Å². The first-order valence-corrected chi connectivity index (χ1v) is 8.75. The zero-order valence-electron chi connectivity index (χ0n) is 14.7. The normalized spacial score (nSPS) is 11.4. The van der Waals surface area contributed by atoms with Crippen LogP contribution in [0.5, 0.6) is 0 Å². The lowest BCUT2D eigenvalue weighted by molar-refractivity contribution is 0.0787. The van der Waals surface area contributed by atoms with E-state index in [-0.39, 0.29) is 6.10 Å². The van der Waals surface area contributed by atoms with Crippen LogP contribution in [0.4, 0.5) is 5.82 Å². The Balaban J connectivity index is 1.79. The third-order valence-corrected chi connectivity index (χ3v) is 4.24. The first kappa shape index (κ1) is 17.6. The van der Waals surface area contributed by atoms with Crippen LogP contribution in [-0.2, 0) is 4.74 Å². The zero-order chi connectivity index (χ0) is 17.8. The molecule has 0 spiro atoms. The molecule has 1 N–H and O–H groups in total. The number of rotatable bonds is 7. The minimum atomic E-state index is 0.255. The smallest absolute Gasteiger partial charge is 0.168 e. The summed E-state index contributed by atoms with van der Waals surface area (Å²) >= 11 is 6.24. The summed E-state index contributed by atoms with van der Waals surface area (Å²) in [6.07, 6.45) is 4.48. The summed E-state index contributed by atoms with van der Waals surface area (Å²) in [7, 11) is 0. The fourth-order valence-corrected chi connectivity index (χ4v) is 2.66. The monoisotopic (exact) mass is 359 g/mol. The van der Waals surface area contributed by atoms with E-state index in [1.54, 1.807) is 17.2 Å². The molecule has 2 heterocycles. The maximum absolute atomic E-state index is 6.24. The Morgan fingerprint density at radius 1 is 1.28 bits per heavy atom. The van der Waals surface area contributed by atoms with Crippen molar-refractivity contribution in [2.24, 2.45) is 0 Å². The van der Waals surface area contributed by atoms with Gasteiger partial charge in [-0.3, -0.25) is 0 Å². The third-order valence-electron chi connectivity index (χ3n) is 3.83. The molecule has 3 aromatic rings. The summed E-state index contributed by atoms with van der Waals surface area (Å²) in [6.45, 7) is 7.54. The van der Waals surface area contributed by atoms with Crippen LogP contribution in [0.1, 0.15) is 25.8 Å². The fourth-order valence-electron chi connectivity index (χ4n) is 2.49. The number of hydrogen-bond acceptors (Lipinski definition) is 5. The standard InChI is InChI=1S/C18H22ClN5O/c1-12(2)25-8-4-7-20-17-15-10-23-24(18(15)22-11-21-17)14-6-5-13(3)16(19)9-14/h5-6,9-12H,4,7-8H2,1-3H3,(H,20,21,22). The Labute approximate surface area is 152 Å². The van der Waals surface area contributed by atoms with Crippen molar-refractivity contribution in [3.8, 4) is 5.69 Å². The van der Waals surface area contributed by atoms with Gasteiger partial charge in [0, 0.05) is 18.2 Å². The summed E-state index contributed by atoms with van der Waals surface area (Å²) in [5.41, 5.74) is 2.65. The molecule has 0 fully saturated rings. The van der Waals surface area contributed by atoms with Gasteiger partial charge in [0.15, 0.2) is 5.65 Å². The number of nitrogens with zero attached hydrogens (tertiary/aromatic N) is 4. The number of anilines is 1. The Morgan fingerprint density at radius 2 is 2.12 bits per heavy atom. The minimum absolute atomic E-state index is 0.255. The van der Waals surface area contributed by atoms with Gasteiger partial charge in [0.1, 0.15) is 12.1 Å². The topological polar surface area (TPSA) is 64.9 Å². The van der Waals surface area contributed by atoms with E-state index >= 15 is 0 Å². The molecule has 0 amide bonds. The molecule has 2 aromatic heterocycles. The lowest BCUT2D eigenvalue weighted by Gasteiger charge is -2.09. The molecule has 7 heteroatoms. The third kappa shape index (κ3) is 4.08. The van der Waals surface area contributed by atoms with Crippen molar-refractivity contribution >= 4 is 28.5 Å². The maximum Gasteiger partial charge on any atom is 0.168 e. The zero-order valence-corrected chi connectivity index (χ0v) is 15.4. The molecule has 0 aliphatic rings. The summed E-state index contributed by atoms with van der Waals surface area (Å²) in [5, 5.41) is 9.38. The largest absolute Gasteiger partial charge is 0.379 e. The van der Waals surface area contributed by atoms with Crippen LogP contribution in [0, 0.1) is 6.92 Å². The number of aromatic nitrogens is 4. The number of halogens is 1. The van der Waals surface area contributed by atoms with E-state index in [1.807, 2.05) is 39.0 Å². The highest BCUT2D eigenvalue weighted by Crippen LogP contribution is 2.24. The van der Waals surface area contributed by atoms with E-state index in [0.717, 1.165) is 47.7 Å². The lowest BCUT2D eigenvalue weighted by atomic mass is 10.2. The number of hydrogen-bond donors (Lipinski definition) is 1. The predicted octanol–water partition coefficient (Wildman–Crippen LogP) is 4.00. The van der Waals surface area contributed by atoms with Gasteiger partial charge in [-0.15, -0.1) is 0 Å². The van der Waals surface area contributed by atoms with Crippen LogP contribution in [-0.4, -0.2) is 39.0 Å². The SMILES string of the molecule is Cc1ccc(-n2ncc3c(NCCCOC(C)C)ncnc32)cc1Cl. The van der Waals surface area contributed by atoms with Gasteiger partial charge in [-0.05, 0) is 44.9 Å². The molecule has 132 valence electrons. The molecule has 0 aliphatic carbocycles. The molecule has 3 rings (SSSR count).